The quantitative estimate of drug-likeness (QED) is 0.551. The van der Waals surface area contributed by atoms with Gasteiger partial charge < -0.3 is 5.73 Å². The third kappa shape index (κ3) is 5.18. The third-order valence-corrected chi connectivity index (χ3v) is 3.82. The van der Waals surface area contributed by atoms with E-state index in [4.69, 9.17) is 18.0 Å². The fourth-order valence-electron chi connectivity index (χ4n) is 2.27. The van der Waals surface area contributed by atoms with Crippen molar-refractivity contribution in [1.82, 2.24) is 4.90 Å². The van der Waals surface area contributed by atoms with E-state index in [0.717, 1.165) is 19.1 Å². The summed E-state index contributed by atoms with van der Waals surface area (Å²) in [6.07, 6.45) is 8.83. The summed E-state index contributed by atoms with van der Waals surface area (Å²) in [5, 5.41) is 0. The van der Waals surface area contributed by atoms with Crippen molar-refractivity contribution in [3.63, 3.8) is 0 Å². The Bertz CT molecular complexity index is 191. The predicted molar refractivity (Wildman–Crippen MR) is 73.6 cm³/mol. The van der Waals surface area contributed by atoms with Gasteiger partial charge in [-0.2, -0.15) is 11.8 Å². The standard InChI is InChI=1S/C11H22N2S2/c1-15-8-4-7-13(9-11(12)14)10-5-2-3-6-10/h10H,2-9H2,1H3,(H2,12,14). The van der Waals surface area contributed by atoms with Crippen LogP contribution in [0, 0.1) is 0 Å². The van der Waals surface area contributed by atoms with E-state index in [2.05, 4.69) is 11.2 Å². The average molecular weight is 246 g/mol. The first kappa shape index (κ1) is 13.3. The minimum absolute atomic E-state index is 0.644. The summed E-state index contributed by atoms with van der Waals surface area (Å²) in [4.78, 5) is 3.14. The van der Waals surface area contributed by atoms with Crippen molar-refractivity contribution in [3.8, 4) is 0 Å². The summed E-state index contributed by atoms with van der Waals surface area (Å²) in [7, 11) is 0. The number of nitrogens with two attached hydrogens (primary N) is 1. The molecule has 1 aliphatic rings. The molecule has 2 nitrogen and oxygen atoms in total. The zero-order valence-corrected chi connectivity index (χ0v) is 11.2. The van der Waals surface area contributed by atoms with E-state index in [9.17, 15) is 0 Å². The van der Waals surface area contributed by atoms with Crippen molar-refractivity contribution >= 4 is 29.0 Å². The molecule has 1 saturated carbocycles. The molecule has 0 atom stereocenters. The molecule has 0 amide bonds. The maximum Gasteiger partial charge on any atom is 0.0870 e. The fourth-order valence-corrected chi connectivity index (χ4v) is 2.86. The van der Waals surface area contributed by atoms with E-state index in [-0.39, 0.29) is 0 Å². The van der Waals surface area contributed by atoms with Crippen molar-refractivity contribution in [2.45, 2.75) is 38.1 Å². The third-order valence-electron chi connectivity index (χ3n) is 2.99. The molecule has 15 heavy (non-hydrogen) atoms. The Balaban J connectivity index is 2.33. The summed E-state index contributed by atoms with van der Waals surface area (Å²) in [6.45, 7) is 1.97. The molecule has 0 aromatic carbocycles. The van der Waals surface area contributed by atoms with Gasteiger partial charge in [0.2, 0.25) is 0 Å². The highest BCUT2D eigenvalue weighted by Crippen LogP contribution is 2.23. The van der Waals surface area contributed by atoms with E-state index in [1.165, 1.54) is 37.9 Å². The van der Waals surface area contributed by atoms with Crippen LogP contribution in [0.15, 0.2) is 0 Å². The summed E-state index contributed by atoms with van der Waals surface area (Å²) < 4.78 is 0. The highest BCUT2D eigenvalue weighted by molar-refractivity contribution is 7.98. The van der Waals surface area contributed by atoms with Gasteiger partial charge in [0.25, 0.3) is 0 Å². The maximum atomic E-state index is 5.65. The number of nitrogens with zero attached hydrogens (tertiary/aromatic N) is 1. The van der Waals surface area contributed by atoms with Crippen molar-refractivity contribution < 1.29 is 0 Å². The lowest BCUT2D eigenvalue weighted by Crippen LogP contribution is -2.40. The van der Waals surface area contributed by atoms with Gasteiger partial charge in [-0.15, -0.1) is 0 Å². The minimum Gasteiger partial charge on any atom is -0.392 e. The van der Waals surface area contributed by atoms with Gasteiger partial charge in [0.1, 0.15) is 0 Å². The number of hydrogen-bond donors (Lipinski definition) is 1. The molecule has 0 aliphatic heterocycles. The second-order valence-corrected chi connectivity index (χ2v) is 5.73. The van der Waals surface area contributed by atoms with Gasteiger partial charge in [0.05, 0.1) is 4.99 Å². The van der Waals surface area contributed by atoms with Gasteiger partial charge in [-0.25, -0.2) is 0 Å². The minimum atomic E-state index is 0.644. The molecular formula is C11H22N2S2. The molecule has 0 saturated heterocycles. The molecular weight excluding hydrogens is 224 g/mol. The molecule has 88 valence electrons. The Morgan fingerprint density at radius 1 is 1.47 bits per heavy atom. The van der Waals surface area contributed by atoms with Crippen molar-refractivity contribution in [2.24, 2.45) is 5.73 Å². The van der Waals surface area contributed by atoms with Crippen LogP contribution in [0.3, 0.4) is 0 Å². The lowest BCUT2D eigenvalue weighted by atomic mass is 10.2. The first-order valence-electron chi connectivity index (χ1n) is 5.75. The predicted octanol–water partition coefficient (Wildman–Crippen LogP) is 2.27. The van der Waals surface area contributed by atoms with Gasteiger partial charge in [-0.3, -0.25) is 4.90 Å². The van der Waals surface area contributed by atoms with E-state index in [0.29, 0.717) is 4.99 Å². The Hall–Kier alpha value is 0.200. The summed E-state index contributed by atoms with van der Waals surface area (Å²) in [5.74, 6) is 1.24. The summed E-state index contributed by atoms with van der Waals surface area (Å²) in [6, 6.07) is 0.744. The molecule has 1 fully saturated rings. The molecule has 0 bridgehead atoms. The Morgan fingerprint density at radius 3 is 2.67 bits per heavy atom. The van der Waals surface area contributed by atoms with Gasteiger partial charge in [-0.05, 0) is 37.8 Å². The molecule has 2 N–H and O–H groups in total. The molecule has 1 rings (SSSR count). The number of hydrogen-bond acceptors (Lipinski definition) is 3. The van der Waals surface area contributed by atoms with Crippen LogP contribution >= 0.6 is 24.0 Å². The number of thiocarbonyl (C=S) groups is 1. The zero-order chi connectivity index (χ0) is 11.1. The summed E-state index contributed by atoms with van der Waals surface area (Å²) in [5.41, 5.74) is 5.65. The highest BCUT2D eigenvalue weighted by Gasteiger charge is 2.22. The monoisotopic (exact) mass is 246 g/mol. The zero-order valence-electron chi connectivity index (χ0n) is 9.58. The fraction of sp³-hybridized carbons (Fsp3) is 0.909. The molecule has 4 heteroatoms. The van der Waals surface area contributed by atoms with Gasteiger partial charge in [-0.1, -0.05) is 25.1 Å². The Labute approximate surface area is 103 Å². The molecule has 1 aliphatic carbocycles. The Kier molecular flexibility index (Phi) is 6.61. The SMILES string of the molecule is CSCCCN(CC(N)=S)C1CCCC1. The lowest BCUT2D eigenvalue weighted by Gasteiger charge is -2.28. The second-order valence-electron chi connectivity index (χ2n) is 4.22. The number of thioether (sulfide) groups is 1. The van der Waals surface area contributed by atoms with E-state index in [1.807, 2.05) is 11.8 Å². The first-order chi connectivity index (χ1) is 7.24. The van der Waals surface area contributed by atoms with Crippen molar-refractivity contribution in [3.05, 3.63) is 0 Å². The van der Waals surface area contributed by atoms with Crippen LogP contribution in [0.4, 0.5) is 0 Å². The van der Waals surface area contributed by atoms with Crippen LogP contribution in [-0.2, 0) is 0 Å². The normalized spacial score (nSPS) is 17.5. The van der Waals surface area contributed by atoms with Gasteiger partial charge in [0.15, 0.2) is 0 Å². The van der Waals surface area contributed by atoms with Crippen LogP contribution < -0.4 is 5.73 Å². The maximum absolute atomic E-state index is 5.65. The van der Waals surface area contributed by atoms with Crippen LogP contribution in [-0.4, -0.2) is 41.0 Å². The molecule has 0 unspecified atom stereocenters. The second kappa shape index (κ2) is 7.47. The largest absolute Gasteiger partial charge is 0.392 e. The van der Waals surface area contributed by atoms with E-state index >= 15 is 0 Å². The highest BCUT2D eigenvalue weighted by atomic mass is 32.2. The number of rotatable bonds is 7. The van der Waals surface area contributed by atoms with Crippen molar-refractivity contribution in [1.29, 1.82) is 0 Å². The van der Waals surface area contributed by atoms with Gasteiger partial charge >= 0.3 is 0 Å². The molecule has 0 aromatic heterocycles. The van der Waals surface area contributed by atoms with Crippen LogP contribution in [0.2, 0.25) is 0 Å². The molecule has 0 aromatic rings. The van der Waals surface area contributed by atoms with Crippen LogP contribution in [0.25, 0.3) is 0 Å². The Morgan fingerprint density at radius 2 is 2.13 bits per heavy atom. The van der Waals surface area contributed by atoms with Crippen LogP contribution in [0.5, 0.6) is 0 Å². The summed E-state index contributed by atoms with van der Waals surface area (Å²) >= 11 is 6.93. The first-order valence-corrected chi connectivity index (χ1v) is 7.55. The van der Waals surface area contributed by atoms with Crippen molar-refractivity contribution in [2.75, 3.05) is 25.1 Å². The van der Waals surface area contributed by atoms with E-state index < -0.39 is 0 Å². The molecule has 0 heterocycles. The lowest BCUT2D eigenvalue weighted by molar-refractivity contribution is 0.228. The molecule has 0 spiro atoms. The average Bonchev–Trinajstić information content (AvgIpc) is 2.68. The smallest absolute Gasteiger partial charge is 0.0870 e. The molecule has 0 radical (unpaired) electrons. The van der Waals surface area contributed by atoms with E-state index in [1.54, 1.807) is 0 Å². The topological polar surface area (TPSA) is 29.3 Å². The van der Waals surface area contributed by atoms with Crippen LogP contribution in [0.1, 0.15) is 32.1 Å². The van der Waals surface area contributed by atoms with Gasteiger partial charge in [0, 0.05) is 12.6 Å².